The van der Waals surface area contributed by atoms with Crippen LogP contribution >= 0.6 is 0 Å². The topological polar surface area (TPSA) is 43.4 Å². The Morgan fingerprint density at radius 1 is 0.952 bits per heavy atom. The maximum absolute atomic E-state index is 13.2. The van der Waals surface area contributed by atoms with Crippen molar-refractivity contribution in [1.82, 2.24) is 0 Å². The summed E-state index contributed by atoms with van der Waals surface area (Å²) in [6.45, 7) is 0.00347. The summed E-state index contributed by atoms with van der Waals surface area (Å²) in [4.78, 5) is -0.0554. The summed E-state index contributed by atoms with van der Waals surface area (Å²) in [6.07, 6.45) is 0. The highest BCUT2D eigenvalue weighted by Crippen LogP contribution is 2.34. The van der Waals surface area contributed by atoms with E-state index in [1.807, 2.05) is 0 Å². The van der Waals surface area contributed by atoms with Gasteiger partial charge in [-0.05, 0) is 36.4 Å². The molecule has 0 bridgehead atoms. The fourth-order valence-corrected chi connectivity index (χ4v) is 3.59. The van der Waals surface area contributed by atoms with Gasteiger partial charge in [0.1, 0.15) is 24.0 Å². The Morgan fingerprint density at radius 3 is 2.33 bits per heavy atom. The summed E-state index contributed by atoms with van der Waals surface area (Å²) >= 11 is 0. The molecule has 21 heavy (non-hydrogen) atoms. The average molecular weight is 308 g/mol. The van der Waals surface area contributed by atoms with Gasteiger partial charge in [-0.3, -0.25) is 0 Å². The number of hydrogen-bond acceptors (Lipinski definition) is 3. The van der Waals surface area contributed by atoms with Crippen molar-refractivity contribution in [2.24, 2.45) is 0 Å². The zero-order valence-corrected chi connectivity index (χ0v) is 11.5. The largest absolute Gasteiger partial charge is 0.489 e. The molecule has 0 atom stereocenters. The summed E-state index contributed by atoms with van der Waals surface area (Å²) in [5.74, 6) is -0.567. The van der Waals surface area contributed by atoms with E-state index in [1.165, 1.54) is 36.4 Å². The molecule has 1 heterocycles. The van der Waals surface area contributed by atoms with Crippen molar-refractivity contribution >= 4 is 15.4 Å². The number of ether oxygens (including phenoxy) is 1. The summed E-state index contributed by atoms with van der Waals surface area (Å²) in [6, 6.07) is 9.00. The lowest BCUT2D eigenvalue weighted by Crippen LogP contribution is -1.99. The molecular weight excluding hydrogens is 298 g/mol. The molecule has 6 heteroatoms. The standard InChI is InChI=1S/C15H10F2O3S/c16-11-1-4-13(5-2-11)20-8-10-9-21(18,19)15-7-12(17)3-6-14(10)15/h1-7,9H,8H2. The Morgan fingerprint density at radius 2 is 1.62 bits per heavy atom. The van der Waals surface area contributed by atoms with Crippen molar-refractivity contribution in [1.29, 1.82) is 0 Å². The Balaban J connectivity index is 1.86. The van der Waals surface area contributed by atoms with Gasteiger partial charge < -0.3 is 4.74 Å². The van der Waals surface area contributed by atoms with Crippen LogP contribution in [0.25, 0.3) is 5.57 Å². The number of sulfone groups is 1. The maximum atomic E-state index is 13.2. The van der Waals surface area contributed by atoms with Crippen LogP contribution in [0.3, 0.4) is 0 Å². The Hall–Kier alpha value is -2.21. The third-order valence-electron chi connectivity index (χ3n) is 3.10. The first kappa shape index (κ1) is 13.8. The highest BCUT2D eigenvalue weighted by molar-refractivity contribution is 7.95. The molecule has 0 amide bonds. The number of halogens is 2. The van der Waals surface area contributed by atoms with E-state index in [4.69, 9.17) is 4.74 Å². The van der Waals surface area contributed by atoms with Gasteiger partial charge in [0.2, 0.25) is 9.84 Å². The second kappa shape index (κ2) is 4.96. The molecule has 1 aliphatic rings. The molecule has 0 spiro atoms. The van der Waals surface area contributed by atoms with Crippen LogP contribution in [0.4, 0.5) is 8.78 Å². The fraction of sp³-hybridized carbons (Fsp3) is 0.0667. The Labute approximate surface area is 120 Å². The van der Waals surface area contributed by atoms with Crippen LogP contribution in [0.2, 0.25) is 0 Å². The van der Waals surface area contributed by atoms with Crippen LogP contribution in [0.15, 0.2) is 52.8 Å². The highest BCUT2D eigenvalue weighted by atomic mass is 32.2. The van der Waals surface area contributed by atoms with E-state index in [-0.39, 0.29) is 17.3 Å². The number of hydrogen-bond donors (Lipinski definition) is 0. The molecular formula is C15H10F2O3S. The van der Waals surface area contributed by atoms with Crippen LogP contribution in [0.1, 0.15) is 5.56 Å². The predicted octanol–water partition coefficient (Wildman–Crippen LogP) is 3.17. The lowest BCUT2D eigenvalue weighted by molar-refractivity contribution is 0.369. The van der Waals surface area contributed by atoms with E-state index in [9.17, 15) is 17.2 Å². The van der Waals surface area contributed by atoms with Crippen molar-refractivity contribution in [3.8, 4) is 5.75 Å². The molecule has 1 aliphatic heterocycles. The van der Waals surface area contributed by atoms with Gasteiger partial charge in [-0.25, -0.2) is 17.2 Å². The third-order valence-corrected chi connectivity index (χ3v) is 4.65. The normalized spacial score (nSPS) is 15.4. The number of rotatable bonds is 3. The molecule has 0 unspecified atom stereocenters. The molecule has 3 nitrogen and oxygen atoms in total. The van der Waals surface area contributed by atoms with Gasteiger partial charge in [-0.1, -0.05) is 6.07 Å². The van der Waals surface area contributed by atoms with E-state index in [0.29, 0.717) is 16.9 Å². The molecule has 2 aromatic rings. The van der Waals surface area contributed by atoms with Gasteiger partial charge in [-0.2, -0.15) is 0 Å². The molecule has 2 aromatic carbocycles. The second-order valence-corrected chi connectivity index (χ2v) is 6.34. The van der Waals surface area contributed by atoms with E-state index in [1.54, 1.807) is 0 Å². The minimum absolute atomic E-state index is 0.00347. The average Bonchev–Trinajstić information content (AvgIpc) is 2.69. The Kier molecular flexibility index (Phi) is 3.25. The van der Waals surface area contributed by atoms with Crippen LogP contribution < -0.4 is 4.74 Å². The second-order valence-electron chi connectivity index (χ2n) is 4.57. The maximum Gasteiger partial charge on any atom is 0.200 e. The van der Waals surface area contributed by atoms with Crippen molar-refractivity contribution in [3.63, 3.8) is 0 Å². The molecule has 0 radical (unpaired) electrons. The van der Waals surface area contributed by atoms with E-state index in [2.05, 4.69) is 0 Å². The molecule has 0 saturated heterocycles. The van der Waals surface area contributed by atoms with Crippen LogP contribution in [-0.4, -0.2) is 15.0 Å². The van der Waals surface area contributed by atoms with Crippen molar-refractivity contribution in [2.75, 3.05) is 6.61 Å². The fourth-order valence-electron chi connectivity index (χ4n) is 2.11. The summed E-state index contributed by atoms with van der Waals surface area (Å²) in [5, 5.41) is 1.07. The summed E-state index contributed by atoms with van der Waals surface area (Å²) < 4.78 is 55.2. The van der Waals surface area contributed by atoms with Crippen molar-refractivity contribution < 1.29 is 21.9 Å². The smallest absolute Gasteiger partial charge is 0.200 e. The zero-order valence-electron chi connectivity index (χ0n) is 10.7. The van der Waals surface area contributed by atoms with Crippen molar-refractivity contribution in [2.45, 2.75) is 4.90 Å². The summed E-state index contributed by atoms with van der Waals surface area (Å²) in [5.41, 5.74) is 0.868. The zero-order chi connectivity index (χ0) is 15.0. The quantitative estimate of drug-likeness (QED) is 0.874. The van der Waals surface area contributed by atoms with Gasteiger partial charge in [0.05, 0.1) is 4.90 Å². The summed E-state index contributed by atoms with van der Waals surface area (Å²) in [7, 11) is -3.63. The molecule has 108 valence electrons. The molecule has 0 aliphatic carbocycles. The van der Waals surface area contributed by atoms with Gasteiger partial charge in [0.15, 0.2) is 0 Å². The Bertz CT molecular complexity index is 824. The number of fused-ring (bicyclic) bond motifs is 1. The van der Waals surface area contributed by atoms with E-state index in [0.717, 1.165) is 11.5 Å². The van der Waals surface area contributed by atoms with Gasteiger partial charge in [-0.15, -0.1) is 0 Å². The van der Waals surface area contributed by atoms with Crippen molar-refractivity contribution in [3.05, 3.63) is 65.1 Å². The lowest BCUT2D eigenvalue weighted by Gasteiger charge is -2.07. The van der Waals surface area contributed by atoms with Gasteiger partial charge in [0, 0.05) is 16.5 Å². The molecule has 3 rings (SSSR count). The highest BCUT2D eigenvalue weighted by Gasteiger charge is 2.27. The first-order chi connectivity index (χ1) is 9.95. The van der Waals surface area contributed by atoms with E-state index < -0.39 is 15.7 Å². The predicted molar refractivity (Wildman–Crippen MR) is 73.5 cm³/mol. The minimum atomic E-state index is -3.63. The minimum Gasteiger partial charge on any atom is -0.489 e. The van der Waals surface area contributed by atoms with Gasteiger partial charge in [0.25, 0.3) is 0 Å². The van der Waals surface area contributed by atoms with Crippen LogP contribution in [0, 0.1) is 11.6 Å². The molecule has 0 saturated carbocycles. The van der Waals surface area contributed by atoms with Crippen LogP contribution in [0.5, 0.6) is 5.75 Å². The monoisotopic (exact) mass is 308 g/mol. The third kappa shape index (κ3) is 2.67. The first-order valence-corrected chi connectivity index (χ1v) is 7.64. The SMILES string of the molecule is O=S1(=O)C=C(COc2ccc(F)cc2)c2ccc(F)cc21. The van der Waals surface area contributed by atoms with E-state index >= 15 is 0 Å². The van der Waals surface area contributed by atoms with Crippen LogP contribution in [-0.2, 0) is 9.84 Å². The first-order valence-electron chi connectivity index (χ1n) is 6.10. The number of benzene rings is 2. The molecule has 0 aromatic heterocycles. The molecule has 0 fully saturated rings. The molecule has 0 N–H and O–H groups in total. The lowest BCUT2D eigenvalue weighted by atomic mass is 10.1. The van der Waals surface area contributed by atoms with Gasteiger partial charge >= 0.3 is 0 Å².